The van der Waals surface area contributed by atoms with E-state index in [-0.39, 0.29) is 17.5 Å². The zero-order chi connectivity index (χ0) is 14.3. The summed E-state index contributed by atoms with van der Waals surface area (Å²) in [5, 5.41) is 11.3. The van der Waals surface area contributed by atoms with Gasteiger partial charge in [-0.3, -0.25) is 19.8 Å². The molecule has 1 aliphatic rings. The number of nitro groups is 1. The predicted molar refractivity (Wildman–Crippen MR) is 75.8 cm³/mol. The maximum atomic E-state index is 11.9. The van der Waals surface area contributed by atoms with Crippen molar-refractivity contribution in [2.75, 3.05) is 18.0 Å². The Morgan fingerprint density at radius 2 is 2.35 bits per heavy atom. The lowest BCUT2D eigenvalue weighted by Gasteiger charge is -2.11. The first-order chi connectivity index (χ1) is 9.58. The Kier molecular flexibility index (Phi) is 3.11. The van der Waals surface area contributed by atoms with E-state index in [1.165, 1.54) is 23.5 Å². The van der Waals surface area contributed by atoms with Gasteiger partial charge in [-0.05, 0) is 18.5 Å². The molecule has 1 aromatic heterocycles. The second-order valence-corrected chi connectivity index (χ2v) is 5.72. The predicted octanol–water partition coefficient (Wildman–Crippen LogP) is 1.52. The van der Waals surface area contributed by atoms with Crippen LogP contribution in [0.25, 0.3) is 10.2 Å². The van der Waals surface area contributed by atoms with Crippen LogP contribution in [0, 0.1) is 16.0 Å². The number of nitrogens with zero attached hydrogens (tertiary/aromatic N) is 3. The Balaban J connectivity index is 1.97. The average molecular weight is 292 g/mol. The third-order valence-electron chi connectivity index (χ3n) is 3.34. The Morgan fingerprint density at radius 3 is 3.00 bits per heavy atom. The molecule has 1 unspecified atom stereocenters. The average Bonchev–Trinajstić information content (AvgIpc) is 3.00. The molecular formula is C12H12N4O3S. The third kappa shape index (κ3) is 2.12. The molecule has 1 aliphatic heterocycles. The Morgan fingerprint density at radius 1 is 1.55 bits per heavy atom. The second kappa shape index (κ2) is 4.80. The van der Waals surface area contributed by atoms with Crippen molar-refractivity contribution in [2.45, 2.75) is 6.42 Å². The topological polar surface area (TPSA) is 102 Å². The van der Waals surface area contributed by atoms with Gasteiger partial charge in [0.25, 0.3) is 5.69 Å². The summed E-state index contributed by atoms with van der Waals surface area (Å²) in [5.74, 6) is 0.165. The zero-order valence-corrected chi connectivity index (χ0v) is 11.3. The van der Waals surface area contributed by atoms with Gasteiger partial charge in [-0.25, -0.2) is 4.98 Å². The van der Waals surface area contributed by atoms with Crippen molar-refractivity contribution < 1.29 is 9.72 Å². The molecule has 7 nitrogen and oxygen atoms in total. The fraction of sp³-hybridized carbons (Fsp3) is 0.333. The lowest BCUT2D eigenvalue weighted by Crippen LogP contribution is -2.25. The molecule has 1 aromatic carbocycles. The molecule has 104 valence electrons. The summed E-state index contributed by atoms with van der Waals surface area (Å²) in [4.78, 5) is 28.2. The normalized spacial score (nSPS) is 18.9. The number of amides is 1. The van der Waals surface area contributed by atoms with E-state index in [4.69, 9.17) is 5.73 Å². The number of hydrogen-bond acceptors (Lipinski definition) is 6. The largest absolute Gasteiger partial charge is 0.330 e. The van der Waals surface area contributed by atoms with Crippen LogP contribution in [0.15, 0.2) is 18.2 Å². The molecule has 0 saturated carbocycles. The van der Waals surface area contributed by atoms with Crippen LogP contribution in [0.2, 0.25) is 0 Å². The summed E-state index contributed by atoms with van der Waals surface area (Å²) >= 11 is 1.36. The molecule has 2 N–H and O–H groups in total. The van der Waals surface area contributed by atoms with Crippen LogP contribution in [-0.2, 0) is 4.79 Å². The van der Waals surface area contributed by atoms with Gasteiger partial charge in [0.1, 0.15) is 0 Å². The summed E-state index contributed by atoms with van der Waals surface area (Å²) in [5.41, 5.74) is 6.14. The first-order valence-corrected chi connectivity index (χ1v) is 6.95. The van der Waals surface area contributed by atoms with E-state index in [9.17, 15) is 14.9 Å². The van der Waals surface area contributed by atoms with Crippen molar-refractivity contribution in [1.82, 2.24) is 4.98 Å². The van der Waals surface area contributed by atoms with Gasteiger partial charge in [-0.2, -0.15) is 0 Å². The van der Waals surface area contributed by atoms with Crippen LogP contribution < -0.4 is 10.6 Å². The highest BCUT2D eigenvalue weighted by Gasteiger charge is 2.31. The van der Waals surface area contributed by atoms with Gasteiger partial charge in [-0.15, -0.1) is 0 Å². The molecule has 8 heteroatoms. The van der Waals surface area contributed by atoms with E-state index in [1.807, 2.05) is 0 Å². The Hall–Kier alpha value is -2.06. The number of thiazole rings is 1. The summed E-state index contributed by atoms with van der Waals surface area (Å²) in [6.45, 7) is 1.04. The Labute approximate surface area is 118 Å². The molecule has 2 aromatic rings. The molecule has 0 aliphatic carbocycles. The number of carbonyl (C=O) groups excluding carboxylic acids is 1. The summed E-state index contributed by atoms with van der Waals surface area (Å²) in [7, 11) is 0. The molecule has 1 fully saturated rings. The number of nitrogens with two attached hydrogens (primary N) is 1. The van der Waals surface area contributed by atoms with Crippen LogP contribution in [0.5, 0.6) is 0 Å². The number of aromatic nitrogens is 1. The molecule has 20 heavy (non-hydrogen) atoms. The number of anilines is 1. The van der Waals surface area contributed by atoms with Gasteiger partial charge in [0.15, 0.2) is 5.13 Å². The number of benzene rings is 1. The van der Waals surface area contributed by atoms with Crippen LogP contribution in [0.1, 0.15) is 6.42 Å². The number of carbonyl (C=O) groups is 1. The van der Waals surface area contributed by atoms with Crippen molar-refractivity contribution >= 4 is 38.3 Å². The first-order valence-electron chi connectivity index (χ1n) is 6.14. The van der Waals surface area contributed by atoms with Gasteiger partial charge < -0.3 is 5.73 Å². The maximum Gasteiger partial charge on any atom is 0.271 e. The number of rotatable bonds is 3. The number of nitro benzene ring substituents is 1. The molecule has 2 heterocycles. The van der Waals surface area contributed by atoms with Crippen LogP contribution in [0.3, 0.4) is 0 Å². The van der Waals surface area contributed by atoms with Crippen molar-refractivity contribution in [1.29, 1.82) is 0 Å². The quantitative estimate of drug-likeness (QED) is 0.682. The minimum absolute atomic E-state index is 0.00179. The highest BCUT2D eigenvalue weighted by Crippen LogP contribution is 2.33. The van der Waals surface area contributed by atoms with E-state index >= 15 is 0 Å². The molecule has 1 atom stereocenters. The van der Waals surface area contributed by atoms with Gasteiger partial charge >= 0.3 is 0 Å². The van der Waals surface area contributed by atoms with Crippen molar-refractivity contribution in [3.05, 3.63) is 28.3 Å². The molecule has 1 amide bonds. The van der Waals surface area contributed by atoms with Gasteiger partial charge in [0.05, 0.1) is 15.1 Å². The summed E-state index contributed by atoms with van der Waals surface area (Å²) in [6.07, 6.45) is 0.437. The molecule has 0 radical (unpaired) electrons. The lowest BCUT2D eigenvalue weighted by atomic mass is 10.1. The lowest BCUT2D eigenvalue weighted by molar-refractivity contribution is -0.384. The van der Waals surface area contributed by atoms with Crippen molar-refractivity contribution in [2.24, 2.45) is 11.7 Å². The van der Waals surface area contributed by atoms with E-state index < -0.39 is 4.92 Å². The maximum absolute atomic E-state index is 11.9. The van der Waals surface area contributed by atoms with Crippen LogP contribution >= 0.6 is 11.3 Å². The Bertz CT molecular complexity index is 699. The SMILES string of the molecule is NCC1CC(=O)N(c2nc3cc([N+](=O)[O-])ccc3s2)C1. The zero-order valence-electron chi connectivity index (χ0n) is 10.5. The fourth-order valence-electron chi connectivity index (χ4n) is 2.26. The summed E-state index contributed by atoms with van der Waals surface area (Å²) < 4.78 is 0.828. The van der Waals surface area contributed by atoms with Gasteiger partial charge in [-0.1, -0.05) is 11.3 Å². The smallest absolute Gasteiger partial charge is 0.271 e. The molecule has 0 bridgehead atoms. The van der Waals surface area contributed by atoms with E-state index in [0.29, 0.717) is 30.2 Å². The highest BCUT2D eigenvalue weighted by molar-refractivity contribution is 7.22. The van der Waals surface area contributed by atoms with Crippen molar-refractivity contribution in [3.63, 3.8) is 0 Å². The van der Waals surface area contributed by atoms with E-state index in [1.54, 1.807) is 11.0 Å². The van der Waals surface area contributed by atoms with Crippen LogP contribution in [-0.4, -0.2) is 28.9 Å². The van der Waals surface area contributed by atoms with Gasteiger partial charge in [0, 0.05) is 25.1 Å². The number of hydrogen-bond donors (Lipinski definition) is 1. The van der Waals surface area contributed by atoms with Gasteiger partial charge in [0.2, 0.25) is 5.91 Å². The monoisotopic (exact) mass is 292 g/mol. The third-order valence-corrected chi connectivity index (χ3v) is 4.40. The van der Waals surface area contributed by atoms with E-state index in [0.717, 1.165) is 4.70 Å². The standard InChI is InChI=1S/C12H12N4O3S/c13-5-7-3-11(17)15(6-7)12-14-9-4-8(16(18)19)1-2-10(9)20-12/h1-2,4,7H,3,5-6,13H2. The minimum Gasteiger partial charge on any atom is -0.330 e. The molecular weight excluding hydrogens is 280 g/mol. The minimum atomic E-state index is -0.454. The summed E-state index contributed by atoms with van der Waals surface area (Å²) in [6, 6.07) is 4.53. The number of non-ortho nitro benzene ring substituents is 1. The molecule has 1 saturated heterocycles. The second-order valence-electron chi connectivity index (χ2n) is 4.72. The molecule has 0 spiro atoms. The fourth-order valence-corrected chi connectivity index (χ4v) is 3.23. The van der Waals surface area contributed by atoms with Crippen LogP contribution in [0.4, 0.5) is 10.8 Å². The first kappa shape index (κ1) is 12.9. The molecule has 3 rings (SSSR count). The number of fused-ring (bicyclic) bond motifs is 1. The highest BCUT2D eigenvalue weighted by atomic mass is 32.1. The van der Waals surface area contributed by atoms with Crippen molar-refractivity contribution in [3.8, 4) is 0 Å². The van der Waals surface area contributed by atoms with E-state index in [2.05, 4.69) is 4.98 Å².